The molecule has 0 aliphatic carbocycles. The maximum atomic E-state index is 5.77. The number of nitrogens with two attached hydrogens (primary N) is 1. The van der Waals surface area contributed by atoms with Crippen LogP contribution in [0.25, 0.3) is 17.2 Å². The Morgan fingerprint density at radius 2 is 1.95 bits per heavy atom. The van der Waals surface area contributed by atoms with E-state index in [1.807, 2.05) is 49.4 Å². The Balaban J connectivity index is 1.83. The molecule has 0 aliphatic heterocycles. The highest BCUT2D eigenvalue weighted by atomic mass is 15.6. The molecule has 2 N–H and O–H groups in total. The van der Waals surface area contributed by atoms with Crippen LogP contribution in [0.5, 0.6) is 0 Å². The number of nitrogens with zero attached hydrogens (tertiary/aromatic N) is 5. The van der Waals surface area contributed by atoms with Gasteiger partial charge in [-0.2, -0.15) is 0 Å². The number of hydrogen-bond acceptors (Lipinski definition) is 5. The van der Waals surface area contributed by atoms with Crippen LogP contribution in [0.2, 0.25) is 0 Å². The van der Waals surface area contributed by atoms with Gasteiger partial charge < -0.3 is 5.73 Å². The molecule has 0 bridgehead atoms. The normalized spacial score (nSPS) is 12.3. The van der Waals surface area contributed by atoms with E-state index in [-0.39, 0.29) is 6.04 Å². The van der Waals surface area contributed by atoms with Crippen molar-refractivity contribution < 1.29 is 0 Å². The van der Waals surface area contributed by atoms with Crippen molar-refractivity contribution in [3.05, 3.63) is 54.2 Å². The van der Waals surface area contributed by atoms with Crippen molar-refractivity contribution in [3.8, 4) is 17.2 Å². The summed E-state index contributed by atoms with van der Waals surface area (Å²) < 4.78 is 0. The first-order chi connectivity index (χ1) is 10.2. The summed E-state index contributed by atoms with van der Waals surface area (Å²) in [5, 5.41) is 12.4. The van der Waals surface area contributed by atoms with E-state index in [0.717, 1.165) is 17.5 Å². The van der Waals surface area contributed by atoms with Crippen LogP contribution >= 0.6 is 0 Å². The molecular weight excluding hydrogens is 264 g/mol. The molecule has 1 atom stereocenters. The van der Waals surface area contributed by atoms with E-state index < -0.39 is 0 Å². The van der Waals surface area contributed by atoms with Crippen LogP contribution in [-0.4, -0.2) is 31.2 Å². The van der Waals surface area contributed by atoms with Crippen LogP contribution in [0.3, 0.4) is 0 Å². The lowest BCUT2D eigenvalue weighted by Crippen LogP contribution is -2.17. The van der Waals surface area contributed by atoms with Gasteiger partial charge in [0.05, 0.1) is 0 Å². The summed E-state index contributed by atoms with van der Waals surface area (Å²) in [5.41, 5.74) is 7.80. The fourth-order valence-corrected chi connectivity index (χ4v) is 2.04. The number of rotatable bonds is 4. The highest BCUT2D eigenvalue weighted by molar-refractivity contribution is 5.53. The summed E-state index contributed by atoms with van der Waals surface area (Å²) in [6.45, 7) is 1.97. The van der Waals surface area contributed by atoms with E-state index in [0.29, 0.717) is 11.6 Å². The Labute approximate surface area is 122 Å². The number of pyridine rings is 1. The van der Waals surface area contributed by atoms with Gasteiger partial charge in [0, 0.05) is 17.8 Å². The Morgan fingerprint density at radius 3 is 2.62 bits per heavy atom. The van der Waals surface area contributed by atoms with Crippen molar-refractivity contribution in [1.29, 1.82) is 0 Å². The van der Waals surface area contributed by atoms with Crippen molar-refractivity contribution in [2.24, 2.45) is 5.73 Å². The minimum atomic E-state index is 0.117. The highest BCUT2D eigenvalue weighted by Gasteiger charge is 2.08. The summed E-state index contributed by atoms with van der Waals surface area (Å²) in [5.74, 6) is 1.22. The van der Waals surface area contributed by atoms with Crippen molar-refractivity contribution in [2.45, 2.75) is 19.4 Å². The van der Waals surface area contributed by atoms with Crippen LogP contribution in [-0.2, 0) is 6.42 Å². The molecule has 0 spiro atoms. The monoisotopic (exact) mass is 280 g/mol. The molecule has 0 fully saturated rings. The lowest BCUT2D eigenvalue weighted by Gasteiger charge is -2.04. The van der Waals surface area contributed by atoms with Crippen LogP contribution < -0.4 is 5.73 Å². The fraction of sp³-hybridized carbons (Fsp3) is 0.200. The number of benzene rings is 1. The molecule has 0 aliphatic rings. The molecule has 6 heteroatoms. The summed E-state index contributed by atoms with van der Waals surface area (Å²) in [4.78, 5) is 5.78. The lowest BCUT2D eigenvalue weighted by molar-refractivity contribution is 0.695. The average molecular weight is 280 g/mol. The molecule has 0 amide bonds. The molecule has 6 nitrogen and oxygen atoms in total. The van der Waals surface area contributed by atoms with Crippen LogP contribution in [0.1, 0.15) is 12.5 Å². The SMILES string of the molecule is CC(N)Cc1ccc(-n2nnc(-c3ccccc3)n2)nc1. The van der Waals surface area contributed by atoms with E-state index in [1.54, 1.807) is 6.20 Å². The topological polar surface area (TPSA) is 82.5 Å². The van der Waals surface area contributed by atoms with Crippen LogP contribution in [0.15, 0.2) is 48.7 Å². The Kier molecular flexibility index (Phi) is 3.70. The zero-order chi connectivity index (χ0) is 14.7. The fourth-order valence-electron chi connectivity index (χ4n) is 2.04. The van der Waals surface area contributed by atoms with Gasteiger partial charge in [0.2, 0.25) is 5.82 Å². The Bertz CT molecular complexity index is 703. The van der Waals surface area contributed by atoms with E-state index in [4.69, 9.17) is 5.73 Å². The van der Waals surface area contributed by atoms with E-state index in [9.17, 15) is 0 Å². The zero-order valence-electron chi connectivity index (χ0n) is 11.7. The third-order valence-corrected chi connectivity index (χ3v) is 3.02. The molecule has 0 saturated heterocycles. The quantitative estimate of drug-likeness (QED) is 0.785. The largest absolute Gasteiger partial charge is 0.328 e. The van der Waals surface area contributed by atoms with Crippen molar-refractivity contribution in [3.63, 3.8) is 0 Å². The minimum absolute atomic E-state index is 0.117. The standard InChI is InChI=1S/C15H16N6/c1-11(16)9-12-7-8-14(17-10-12)21-19-15(18-20-21)13-5-3-2-4-6-13/h2-8,10-11H,9,16H2,1H3. The maximum Gasteiger partial charge on any atom is 0.205 e. The number of hydrogen-bond donors (Lipinski definition) is 1. The van der Waals surface area contributed by atoms with Gasteiger partial charge in [-0.15, -0.1) is 15.0 Å². The maximum absolute atomic E-state index is 5.77. The highest BCUT2D eigenvalue weighted by Crippen LogP contribution is 2.13. The predicted molar refractivity (Wildman–Crippen MR) is 79.7 cm³/mol. The van der Waals surface area contributed by atoms with Gasteiger partial charge in [-0.3, -0.25) is 0 Å². The molecule has 1 aromatic carbocycles. The third-order valence-electron chi connectivity index (χ3n) is 3.02. The summed E-state index contributed by atoms with van der Waals surface area (Å²) >= 11 is 0. The second-order valence-electron chi connectivity index (χ2n) is 4.97. The Hall–Kier alpha value is -2.60. The molecule has 106 valence electrons. The lowest BCUT2D eigenvalue weighted by atomic mass is 10.1. The van der Waals surface area contributed by atoms with Crippen LogP contribution in [0, 0.1) is 0 Å². The number of tetrazole rings is 1. The van der Waals surface area contributed by atoms with Crippen molar-refractivity contribution in [2.75, 3.05) is 0 Å². The van der Waals surface area contributed by atoms with Gasteiger partial charge in [0.1, 0.15) is 0 Å². The van der Waals surface area contributed by atoms with Gasteiger partial charge in [-0.05, 0) is 30.2 Å². The first-order valence-corrected chi connectivity index (χ1v) is 6.79. The van der Waals surface area contributed by atoms with Gasteiger partial charge in [-0.1, -0.05) is 36.4 Å². The van der Waals surface area contributed by atoms with Gasteiger partial charge in [-0.25, -0.2) is 4.98 Å². The molecule has 2 heterocycles. The second-order valence-corrected chi connectivity index (χ2v) is 4.97. The third kappa shape index (κ3) is 3.11. The molecule has 1 unspecified atom stereocenters. The minimum Gasteiger partial charge on any atom is -0.328 e. The van der Waals surface area contributed by atoms with E-state index in [1.165, 1.54) is 4.80 Å². The van der Waals surface area contributed by atoms with Crippen LogP contribution in [0.4, 0.5) is 0 Å². The smallest absolute Gasteiger partial charge is 0.205 e. The molecule has 3 aromatic rings. The zero-order valence-corrected chi connectivity index (χ0v) is 11.7. The second kappa shape index (κ2) is 5.80. The molecule has 2 aromatic heterocycles. The van der Waals surface area contributed by atoms with Gasteiger partial charge >= 0.3 is 0 Å². The van der Waals surface area contributed by atoms with Gasteiger partial charge in [0.25, 0.3) is 0 Å². The summed E-state index contributed by atoms with van der Waals surface area (Å²) in [6.07, 6.45) is 2.59. The predicted octanol–water partition coefficient (Wildman–Crippen LogP) is 1.61. The van der Waals surface area contributed by atoms with Crippen molar-refractivity contribution >= 4 is 0 Å². The molecular formula is C15H16N6. The molecule has 3 rings (SSSR count). The van der Waals surface area contributed by atoms with E-state index in [2.05, 4.69) is 20.4 Å². The summed E-state index contributed by atoms with van der Waals surface area (Å²) in [7, 11) is 0. The van der Waals surface area contributed by atoms with E-state index >= 15 is 0 Å². The first-order valence-electron chi connectivity index (χ1n) is 6.79. The Morgan fingerprint density at radius 1 is 1.14 bits per heavy atom. The molecule has 0 radical (unpaired) electrons. The molecule has 21 heavy (non-hydrogen) atoms. The van der Waals surface area contributed by atoms with Crippen molar-refractivity contribution in [1.82, 2.24) is 25.2 Å². The summed E-state index contributed by atoms with van der Waals surface area (Å²) in [6, 6.07) is 13.7. The van der Waals surface area contributed by atoms with Gasteiger partial charge in [0.15, 0.2) is 5.82 Å². The average Bonchev–Trinajstić information content (AvgIpc) is 2.98. The first kappa shape index (κ1) is 13.4. The number of aromatic nitrogens is 5. The molecule has 0 saturated carbocycles.